The molecule has 0 heterocycles. The number of halogens is 2. The van der Waals surface area contributed by atoms with Gasteiger partial charge in [0, 0.05) is 28.5 Å². The standard InChI is InChI=1S/C31H34BrClN2O3/c1-22-18-27(16-17-28(22)32)38-21-30(36)35(20-24-12-14-25(33)15-13-24)29(19-23-8-4-2-5-9-23)31(37)34-26-10-6-3-7-11-26/h2,4-5,8-9,12-18,26,29H,3,6-7,10-11,19-21H2,1H3,(H,34,37). The largest absolute Gasteiger partial charge is 0.484 e. The highest BCUT2D eigenvalue weighted by Gasteiger charge is 2.32. The molecule has 5 nitrogen and oxygen atoms in total. The summed E-state index contributed by atoms with van der Waals surface area (Å²) in [7, 11) is 0. The fourth-order valence-electron chi connectivity index (χ4n) is 4.82. The minimum Gasteiger partial charge on any atom is -0.484 e. The van der Waals surface area contributed by atoms with Crippen LogP contribution in [0.5, 0.6) is 5.75 Å². The summed E-state index contributed by atoms with van der Waals surface area (Å²) in [5, 5.41) is 3.88. The van der Waals surface area contributed by atoms with E-state index in [1.807, 2.05) is 67.6 Å². The summed E-state index contributed by atoms with van der Waals surface area (Å²) in [6.07, 6.45) is 5.79. The topological polar surface area (TPSA) is 58.6 Å². The Labute approximate surface area is 238 Å². The Morgan fingerprint density at radius 2 is 1.71 bits per heavy atom. The van der Waals surface area contributed by atoms with Gasteiger partial charge < -0.3 is 15.0 Å². The number of hydrogen-bond acceptors (Lipinski definition) is 3. The van der Waals surface area contributed by atoms with Gasteiger partial charge in [-0.3, -0.25) is 9.59 Å². The smallest absolute Gasteiger partial charge is 0.261 e. The van der Waals surface area contributed by atoms with Gasteiger partial charge in [0.15, 0.2) is 6.61 Å². The van der Waals surface area contributed by atoms with Crippen LogP contribution in [0.3, 0.4) is 0 Å². The lowest BCUT2D eigenvalue weighted by molar-refractivity contribution is -0.143. The van der Waals surface area contributed by atoms with Crippen molar-refractivity contribution in [1.29, 1.82) is 0 Å². The highest BCUT2D eigenvalue weighted by molar-refractivity contribution is 9.10. The zero-order valence-electron chi connectivity index (χ0n) is 21.7. The quantitative estimate of drug-likeness (QED) is 0.277. The monoisotopic (exact) mass is 596 g/mol. The van der Waals surface area contributed by atoms with Gasteiger partial charge >= 0.3 is 0 Å². The molecule has 7 heteroatoms. The van der Waals surface area contributed by atoms with E-state index in [2.05, 4.69) is 21.2 Å². The highest BCUT2D eigenvalue weighted by atomic mass is 79.9. The van der Waals surface area contributed by atoms with E-state index in [0.29, 0.717) is 17.2 Å². The fraction of sp³-hybridized carbons (Fsp3) is 0.355. The molecule has 200 valence electrons. The van der Waals surface area contributed by atoms with Crippen molar-refractivity contribution in [1.82, 2.24) is 10.2 Å². The first-order valence-corrected chi connectivity index (χ1v) is 14.3. The summed E-state index contributed by atoms with van der Waals surface area (Å²) < 4.78 is 6.88. The molecule has 0 spiro atoms. The van der Waals surface area contributed by atoms with Gasteiger partial charge in [-0.15, -0.1) is 0 Å². The highest BCUT2D eigenvalue weighted by Crippen LogP contribution is 2.23. The number of rotatable bonds is 10. The molecule has 4 rings (SSSR count). The summed E-state index contributed by atoms with van der Waals surface area (Å²) in [6.45, 7) is 2.07. The Bertz CT molecular complexity index is 1210. The van der Waals surface area contributed by atoms with Gasteiger partial charge in [-0.25, -0.2) is 0 Å². The molecule has 0 aromatic heterocycles. The SMILES string of the molecule is Cc1cc(OCC(=O)N(Cc2ccc(Cl)cc2)C(Cc2ccccc2)C(=O)NC2CCCCC2)ccc1Br. The Balaban J connectivity index is 1.60. The van der Waals surface area contributed by atoms with Crippen LogP contribution in [0, 0.1) is 6.92 Å². The maximum Gasteiger partial charge on any atom is 0.261 e. The van der Waals surface area contributed by atoms with Crippen LogP contribution in [-0.2, 0) is 22.6 Å². The maximum absolute atomic E-state index is 13.8. The number of carbonyl (C=O) groups is 2. The number of ether oxygens (including phenoxy) is 1. The molecule has 38 heavy (non-hydrogen) atoms. The van der Waals surface area contributed by atoms with Crippen LogP contribution >= 0.6 is 27.5 Å². The zero-order valence-corrected chi connectivity index (χ0v) is 24.0. The maximum atomic E-state index is 13.8. The lowest BCUT2D eigenvalue weighted by Crippen LogP contribution is -2.53. The molecule has 0 bridgehead atoms. The molecule has 0 aliphatic heterocycles. The van der Waals surface area contributed by atoms with E-state index >= 15 is 0 Å². The van der Waals surface area contributed by atoms with Crippen molar-refractivity contribution < 1.29 is 14.3 Å². The molecular formula is C31H34BrClN2O3. The molecule has 3 aromatic carbocycles. The molecule has 1 aliphatic rings. The van der Waals surface area contributed by atoms with Gasteiger partial charge in [0.05, 0.1) is 0 Å². The van der Waals surface area contributed by atoms with Crippen LogP contribution in [0.4, 0.5) is 0 Å². The molecule has 1 unspecified atom stereocenters. The van der Waals surface area contributed by atoms with Gasteiger partial charge in [-0.1, -0.05) is 89.3 Å². The summed E-state index contributed by atoms with van der Waals surface area (Å²) in [5.41, 5.74) is 2.90. The van der Waals surface area contributed by atoms with E-state index < -0.39 is 6.04 Å². The lowest BCUT2D eigenvalue weighted by Gasteiger charge is -2.33. The average Bonchev–Trinajstić information content (AvgIpc) is 2.93. The fourth-order valence-corrected chi connectivity index (χ4v) is 5.19. The number of benzene rings is 3. The van der Waals surface area contributed by atoms with Crippen LogP contribution in [0.1, 0.15) is 48.8 Å². The van der Waals surface area contributed by atoms with Crippen LogP contribution in [0.25, 0.3) is 0 Å². The second-order valence-corrected chi connectivity index (χ2v) is 11.2. The molecule has 0 radical (unpaired) electrons. The molecule has 0 saturated heterocycles. The number of hydrogen-bond donors (Lipinski definition) is 1. The van der Waals surface area contributed by atoms with Crippen molar-refractivity contribution in [2.45, 2.75) is 64.1 Å². The summed E-state index contributed by atoms with van der Waals surface area (Å²) in [6, 6.07) is 22.3. The van der Waals surface area contributed by atoms with Crippen molar-refractivity contribution in [2.24, 2.45) is 0 Å². The third kappa shape index (κ3) is 8.08. The summed E-state index contributed by atoms with van der Waals surface area (Å²) in [4.78, 5) is 29.2. The van der Waals surface area contributed by atoms with E-state index in [4.69, 9.17) is 16.3 Å². The molecule has 1 aliphatic carbocycles. The van der Waals surface area contributed by atoms with Crippen LogP contribution in [0.15, 0.2) is 77.3 Å². The number of nitrogens with zero attached hydrogens (tertiary/aromatic N) is 1. The van der Waals surface area contributed by atoms with Crippen LogP contribution in [0.2, 0.25) is 5.02 Å². The van der Waals surface area contributed by atoms with Gasteiger partial charge in [0.25, 0.3) is 5.91 Å². The van der Waals surface area contributed by atoms with E-state index in [1.165, 1.54) is 6.42 Å². The Hall–Kier alpha value is -2.83. The minimum atomic E-state index is -0.683. The Morgan fingerprint density at radius 3 is 2.39 bits per heavy atom. The first-order valence-electron chi connectivity index (χ1n) is 13.2. The van der Waals surface area contributed by atoms with Crippen LogP contribution in [-0.4, -0.2) is 35.4 Å². The summed E-state index contributed by atoms with van der Waals surface area (Å²) in [5.74, 6) is 0.236. The van der Waals surface area contributed by atoms with Gasteiger partial charge in [0.2, 0.25) is 5.91 Å². The number of amides is 2. The molecular weight excluding hydrogens is 564 g/mol. The number of nitrogens with one attached hydrogen (secondary N) is 1. The Morgan fingerprint density at radius 1 is 1.00 bits per heavy atom. The van der Waals surface area contributed by atoms with Crippen molar-refractivity contribution in [3.05, 3.63) is 99.0 Å². The van der Waals surface area contributed by atoms with E-state index in [1.54, 1.807) is 17.0 Å². The van der Waals surface area contributed by atoms with E-state index in [0.717, 1.165) is 46.8 Å². The lowest BCUT2D eigenvalue weighted by atomic mass is 9.94. The minimum absolute atomic E-state index is 0.123. The molecule has 1 saturated carbocycles. The van der Waals surface area contributed by atoms with Gasteiger partial charge in [-0.05, 0) is 66.8 Å². The Kier molecular flexibility index (Phi) is 10.2. The van der Waals surface area contributed by atoms with E-state index in [-0.39, 0.29) is 31.0 Å². The molecule has 1 N–H and O–H groups in total. The van der Waals surface area contributed by atoms with E-state index in [9.17, 15) is 9.59 Å². The van der Waals surface area contributed by atoms with Gasteiger partial charge in [0.1, 0.15) is 11.8 Å². The molecule has 1 atom stereocenters. The first kappa shape index (κ1) is 28.2. The van der Waals surface area contributed by atoms with Crippen molar-refractivity contribution >= 4 is 39.3 Å². The average molecular weight is 598 g/mol. The first-order chi connectivity index (χ1) is 18.4. The number of aryl methyl sites for hydroxylation is 1. The molecule has 3 aromatic rings. The van der Waals surface area contributed by atoms with Gasteiger partial charge in [-0.2, -0.15) is 0 Å². The molecule has 2 amide bonds. The summed E-state index contributed by atoms with van der Waals surface area (Å²) >= 11 is 9.61. The molecule has 1 fully saturated rings. The van der Waals surface area contributed by atoms with Crippen molar-refractivity contribution in [3.8, 4) is 5.75 Å². The third-order valence-corrected chi connectivity index (χ3v) is 8.12. The predicted octanol–water partition coefficient (Wildman–Crippen LogP) is 6.88. The normalized spacial score (nSPS) is 14.5. The third-order valence-electron chi connectivity index (χ3n) is 6.98. The zero-order chi connectivity index (χ0) is 26.9. The second-order valence-electron chi connectivity index (χ2n) is 9.90. The van der Waals surface area contributed by atoms with Crippen molar-refractivity contribution in [2.75, 3.05) is 6.61 Å². The predicted molar refractivity (Wildman–Crippen MR) is 155 cm³/mol. The number of carbonyl (C=O) groups excluding carboxylic acids is 2. The van der Waals surface area contributed by atoms with Crippen LogP contribution < -0.4 is 10.1 Å². The second kappa shape index (κ2) is 13.8. The van der Waals surface area contributed by atoms with Crippen molar-refractivity contribution in [3.63, 3.8) is 0 Å².